The molecule has 140 valence electrons. The SMILES string of the molecule is CCOc1c(Cl)cc(Cl)cc1CNCCNc1ccc([N+](=O)[O-])cc1Cl. The predicted octanol–water partition coefficient (Wildman–Crippen LogP) is 5.16. The highest BCUT2D eigenvalue weighted by Crippen LogP contribution is 2.32. The topological polar surface area (TPSA) is 76.4 Å². The van der Waals surface area contributed by atoms with E-state index in [2.05, 4.69) is 10.6 Å². The summed E-state index contributed by atoms with van der Waals surface area (Å²) in [7, 11) is 0. The largest absolute Gasteiger partial charge is 0.492 e. The molecule has 26 heavy (non-hydrogen) atoms. The highest BCUT2D eigenvalue weighted by Gasteiger charge is 2.11. The second-order valence-electron chi connectivity index (χ2n) is 5.33. The lowest BCUT2D eigenvalue weighted by Crippen LogP contribution is -2.22. The van der Waals surface area contributed by atoms with Crippen molar-refractivity contribution in [2.24, 2.45) is 0 Å². The molecule has 0 fully saturated rings. The van der Waals surface area contributed by atoms with E-state index in [1.807, 2.05) is 13.0 Å². The standard InChI is InChI=1S/C17H18Cl3N3O3/c1-2-26-17-11(7-12(18)8-15(17)20)10-21-5-6-22-16-4-3-13(23(24)25)9-14(16)19/h3-4,7-9,21-22H,2,5-6,10H2,1H3. The van der Waals surface area contributed by atoms with E-state index in [9.17, 15) is 10.1 Å². The van der Waals surface area contributed by atoms with Gasteiger partial charge >= 0.3 is 0 Å². The van der Waals surface area contributed by atoms with Crippen molar-refractivity contribution in [1.82, 2.24) is 5.32 Å². The van der Waals surface area contributed by atoms with Gasteiger partial charge in [0.25, 0.3) is 5.69 Å². The Bertz CT molecular complexity index is 787. The third-order valence-corrected chi connectivity index (χ3v) is 4.28. The monoisotopic (exact) mass is 417 g/mol. The average Bonchev–Trinajstić information content (AvgIpc) is 2.58. The molecule has 0 amide bonds. The molecule has 0 aliphatic carbocycles. The molecule has 0 atom stereocenters. The van der Waals surface area contributed by atoms with E-state index in [-0.39, 0.29) is 5.69 Å². The van der Waals surface area contributed by atoms with Crippen LogP contribution < -0.4 is 15.4 Å². The van der Waals surface area contributed by atoms with Crippen LogP contribution in [0.1, 0.15) is 12.5 Å². The first-order valence-corrected chi connectivity index (χ1v) is 9.05. The molecule has 0 saturated heterocycles. The van der Waals surface area contributed by atoms with Gasteiger partial charge in [-0.2, -0.15) is 0 Å². The Hall–Kier alpha value is -1.73. The smallest absolute Gasteiger partial charge is 0.271 e. The average molecular weight is 419 g/mol. The van der Waals surface area contributed by atoms with Crippen LogP contribution in [0, 0.1) is 10.1 Å². The van der Waals surface area contributed by atoms with E-state index in [1.54, 1.807) is 12.1 Å². The number of nitro benzene ring substituents is 1. The maximum Gasteiger partial charge on any atom is 0.271 e. The lowest BCUT2D eigenvalue weighted by atomic mass is 10.2. The highest BCUT2D eigenvalue weighted by molar-refractivity contribution is 6.35. The van der Waals surface area contributed by atoms with Gasteiger partial charge in [-0.1, -0.05) is 34.8 Å². The van der Waals surface area contributed by atoms with E-state index in [0.717, 1.165) is 5.56 Å². The van der Waals surface area contributed by atoms with Crippen LogP contribution in [0.5, 0.6) is 5.75 Å². The van der Waals surface area contributed by atoms with Gasteiger partial charge in [0.2, 0.25) is 0 Å². The zero-order valence-electron chi connectivity index (χ0n) is 14.0. The number of hydrogen-bond acceptors (Lipinski definition) is 5. The van der Waals surface area contributed by atoms with Gasteiger partial charge in [0.05, 0.1) is 27.3 Å². The first-order chi connectivity index (χ1) is 12.4. The Balaban J connectivity index is 1.87. The van der Waals surface area contributed by atoms with Crippen molar-refractivity contribution in [3.8, 4) is 5.75 Å². The van der Waals surface area contributed by atoms with Crippen molar-refractivity contribution in [1.29, 1.82) is 0 Å². The van der Waals surface area contributed by atoms with E-state index in [4.69, 9.17) is 39.5 Å². The fourth-order valence-corrected chi connectivity index (χ4v) is 3.15. The Kier molecular flexibility index (Phi) is 7.78. The van der Waals surface area contributed by atoms with Crippen molar-refractivity contribution in [3.63, 3.8) is 0 Å². The maximum atomic E-state index is 10.7. The van der Waals surface area contributed by atoms with Crippen LogP contribution in [-0.4, -0.2) is 24.6 Å². The molecule has 0 unspecified atom stereocenters. The van der Waals surface area contributed by atoms with Crippen LogP contribution in [0.25, 0.3) is 0 Å². The first kappa shape index (κ1) is 20.6. The zero-order valence-corrected chi connectivity index (χ0v) is 16.3. The first-order valence-electron chi connectivity index (χ1n) is 7.91. The van der Waals surface area contributed by atoms with Crippen LogP contribution >= 0.6 is 34.8 Å². The minimum atomic E-state index is -0.483. The second kappa shape index (κ2) is 9.83. The van der Waals surface area contributed by atoms with Gasteiger partial charge in [0.1, 0.15) is 5.75 Å². The van der Waals surface area contributed by atoms with Crippen LogP contribution in [0.2, 0.25) is 15.1 Å². The van der Waals surface area contributed by atoms with Crippen molar-refractivity contribution in [3.05, 3.63) is 61.1 Å². The second-order valence-corrected chi connectivity index (χ2v) is 6.58. The van der Waals surface area contributed by atoms with E-state index < -0.39 is 4.92 Å². The number of non-ortho nitro benzene ring substituents is 1. The van der Waals surface area contributed by atoms with Crippen LogP contribution in [0.15, 0.2) is 30.3 Å². The summed E-state index contributed by atoms with van der Waals surface area (Å²) >= 11 is 18.3. The Morgan fingerprint density at radius 3 is 2.54 bits per heavy atom. The minimum Gasteiger partial charge on any atom is -0.492 e. The lowest BCUT2D eigenvalue weighted by Gasteiger charge is -2.14. The summed E-state index contributed by atoms with van der Waals surface area (Å²) in [4.78, 5) is 10.2. The van der Waals surface area contributed by atoms with Crippen molar-refractivity contribution < 1.29 is 9.66 Å². The lowest BCUT2D eigenvalue weighted by molar-refractivity contribution is -0.384. The number of nitrogens with one attached hydrogen (secondary N) is 2. The zero-order chi connectivity index (χ0) is 19.1. The van der Waals surface area contributed by atoms with Crippen molar-refractivity contribution >= 4 is 46.2 Å². The van der Waals surface area contributed by atoms with Gasteiger partial charge in [-0.3, -0.25) is 10.1 Å². The number of rotatable bonds is 9. The summed E-state index contributed by atoms with van der Waals surface area (Å²) in [5, 5.41) is 18.4. The molecule has 2 rings (SSSR count). The normalized spacial score (nSPS) is 10.6. The predicted molar refractivity (Wildman–Crippen MR) is 106 cm³/mol. The van der Waals surface area contributed by atoms with E-state index in [0.29, 0.717) is 52.7 Å². The number of anilines is 1. The molecular weight excluding hydrogens is 401 g/mol. The fraction of sp³-hybridized carbons (Fsp3) is 0.294. The molecular formula is C17H18Cl3N3O3. The number of halogens is 3. The minimum absolute atomic E-state index is 0.0417. The van der Waals surface area contributed by atoms with Gasteiger partial charge in [-0.05, 0) is 25.1 Å². The summed E-state index contributed by atoms with van der Waals surface area (Å²) < 4.78 is 5.58. The summed E-state index contributed by atoms with van der Waals surface area (Å²) in [6.45, 7) is 4.14. The molecule has 2 aromatic carbocycles. The van der Waals surface area contributed by atoms with E-state index >= 15 is 0 Å². The van der Waals surface area contributed by atoms with Gasteiger partial charge < -0.3 is 15.4 Å². The molecule has 0 aromatic heterocycles. The van der Waals surface area contributed by atoms with Gasteiger partial charge in [0, 0.05) is 42.4 Å². The molecule has 0 radical (unpaired) electrons. The molecule has 2 aromatic rings. The quantitative estimate of drug-likeness (QED) is 0.334. The molecule has 2 N–H and O–H groups in total. The molecule has 0 aliphatic heterocycles. The van der Waals surface area contributed by atoms with Gasteiger partial charge in [-0.25, -0.2) is 0 Å². The molecule has 6 nitrogen and oxygen atoms in total. The maximum absolute atomic E-state index is 10.7. The van der Waals surface area contributed by atoms with Crippen LogP contribution in [-0.2, 0) is 6.54 Å². The fourth-order valence-electron chi connectivity index (χ4n) is 2.32. The number of nitrogens with zero attached hydrogens (tertiary/aromatic N) is 1. The summed E-state index contributed by atoms with van der Waals surface area (Å²) in [5.74, 6) is 0.623. The Morgan fingerprint density at radius 2 is 1.88 bits per heavy atom. The summed E-state index contributed by atoms with van der Waals surface area (Å²) in [5.41, 5.74) is 1.47. The highest BCUT2D eigenvalue weighted by atomic mass is 35.5. The Morgan fingerprint density at radius 1 is 1.12 bits per heavy atom. The number of hydrogen-bond donors (Lipinski definition) is 2. The molecule has 0 bridgehead atoms. The van der Waals surface area contributed by atoms with Gasteiger partial charge in [-0.15, -0.1) is 0 Å². The molecule has 0 saturated carbocycles. The van der Waals surface area contributed by atoms with Crippen molar-refractivity contribution in [2.45, 2.75) is 13.5 Å². The van der Waals surface area contributed by atoms with Gasteiger partial charge in [0.15, 0.2) is 0 Å². The number of nitro groups is 1. The third-order valence-electron chi connectivity index (χ3n) is 3.47. The van der Waals surface area contributed by atoms with Crippen LogP contribution in [0.4, 0.5) is 11.4 Å². The molecule has 0 aliphatic rings. The Labute approximate surface area is 166 Å². The van der Waals surface area contributed by atoms with Crippen LogP contribution in [0.3, 0.4) is 0 Å². The summed E-state index contributed by atoms with van der Waals surface area (Å²) in [6, 6.07) is 7.77. The van der Waals surface area contributed by atoms with Crippen molar-refractivity contribution in [2.75, 3.05) is 25.0 Å². The number of benzene rings is 2. The molecule has 0 heterocycles. The molecule has 9 heteroatoms. The number of ether oxygens (including phenoxy) is 1. The third kappa shape index (κ3) is 5.64. The van der Waals surface area contributed by atoms with E-state index in [1.165, 1.54) is 12.1 Å². The summed E-state index contributed by atoms with van der Waals surface area (Å²) in [6.07, 6.45) is 0. The molecule has 0 spiro atoms.